The third-order valence-electron chi connectivity index (χ3n) is 4.01. The van der Waals surface area contributed by atoms with Crippen LogP contribution in [0.2, 0.25) is 0 Å². The van der Waals surface area contributed by atoms with Gasteiger partial charge >= 0.3 is 0 Å². The normalized spacial score (nSPS) is 24.1. The first-order valence-corrected chi connectivity index (χ1v) is 7.69. The minimum atomic E-state index is 0.368. The number of hydrogen-bond acceptors (Lipinski definition) is 2. The van der Waals surface area contributed by atoms with E-state index in [4.69, 9.17) is 0 Å². The summed E-state index contributed by atoms with van der Waals surface area (Å²) < 4.78 is 0.775. The van der Waals surface area contributed by atoms with Gasteiger partial charge in [-0.2, -0.15) is 0 Å². The summed E-state index contributed by atoms with van der Waals surface area (Å²) >= 11 is 3.36. The molecule has 2 unspecified atom stereocenters. The maximum Gasteiger partial charge on any atom is 0.134 e. The Hall–Kier alpha value is -0.540. The molecular weight excluding hydrogens is 290 g/mol. The van der Waals surface area contributed by atoms with Crippen molar-refractivity contribution >= 4 is 15.9 Å². The Morgan fingerprint density at radius 3 is 3.00 bits per heavy atom. The summed E-state index contributed by atoms with van der Waals surface area (Å²) in [6, 6.07) is 6.43. The van der Waals surface area contributed by atoms with E-state index in [1.54, 1.807) is 0 Å². The van der Waals surface area contributed by atoms with Gasteiger partial charge in [0.05, 0.1) is 4.47 Å². The van der Waals surface area contributed by atoms with Gasteiger partial charge in [0.1, 0.15) is 5.75 Å². The van der Waals surface area contributed by atoms with Gasteiger partial charge in [0.25, 0.3) is 0 Å². The highest BCUT2D eigenvalue weighted by atomic mass is 79.9. The molecule has 3 heteroatoms. The maximum atomic E-state index is 9.94. The molecule has 1 aromatic rings. The summed E-state index contributed by atoms with van der Waals surface area (Å²) in [4.78, 5) is 0. The standard InChI is InChI=1S/C15H22BrNO/c1-2-11-5-3-7-13(9-11)17-10-12-6-4-8-14(16)15(12)18/h4,6,8,11,13,17-18H,2-3,5,7,9-10H2,1H3. The molecule has 0 heterocycles. The summed E-state index contributed by atoms with van der Waals surface area (Å²) in [5.41, 5.74) is 0.975. The Labute approximate surface area is 118 Å². The molecule has 2 atom stereocenters. The van der Waals surface area contributed by atoms with Crippen LogP contribution < -0.4 is 5.32 Å². The van der Waals surface area contributed by atoms with E-state index < -0.39 is 0 Å². The van der Waals surface area contributed by atoms with E-state index in [0.29, 0.717) is 11.8 Å². The van der Waals surface area contributed by atoms with Gasteiger partial charge in [0.2, 0.25) is 0 Å². The largest absolute Gasteiger partial charge is 0.506 e. The van der Waals surface area contributed by atoms with Crippen molar-refractivity contribution in [2.24, 2.45) is 5.92 Å². The monoisotopic (exact) mass is 311 g/mol. The van der Waals surface area contributed by atoms with Gasteiger partial charge < -0.3 is 10.4 Å². The lowest BCUT2D eigenvalue weighted by Gasteiger charge is -2.29. The fourth-order valence-electron chi connectivity index (χ4n) is 2.80. The molecule has 1 saturated carbocycles. The highest BCUT2D eigenvalue weighted by Crippen LogP contribution is 2.29. The molecule has 0 aliphatic heterocycles. The van der Waals surface area contributed by atoms with Gasteiger partial charge in [-0.1, -0.05) is 38.3 Å². The van der Waals surface area contributed by atoms with Crippen molar-refractivity contribution in [2.45, 2.75) is 51.6 Å². The summed E-state index contributed by atoms with van der Waals surface area (Å²) in [6.45, 7) is 3.04. The van der Waals surface area contributed by atoms with Gasteiger partial charge in [0.15, 0.2) is 0 Å². The molecule has 1 aliphatic carbocycles. The third-order valence-corrected chi connectivity index (χ3v) is 4.65. The average Bonchev–Trinajstić information content (AvgIpc) is 2.41. The molecule has 18 heavy (non-hydrogen) atoms. The van der Waals surface area contributed by atoms with E-state index in [9.17, 15) is 5.11 Å². The first-order valence-electron chi connectivity index (χ1n) is 6.90. The minimum Gasteiger partial charge on any atom is -0.506 e. The van der Waals surface area contributed by atoms with Crippen LogP contribution in [0, 0.1) is 5.92 Å². The number of aromatic hydroxyl groups is 1. The van der Waals surface area contributed by atoms with E-state index in [2.05, 4.69) is 28.2 Å². The molecule has 2 N–H and O–H groups in total. The van der Waals surface area contributed by atoms with Crippen LogP contribution in [0.15, 0.2) is 22.7 Å². The zero-order chi connectivity index (χ0) is 13.0. The quantitative estimate of drug-likeness (QED) is 0.873. The zero-order valence-corrected chi connectivity index (χ0v) is 12.5. The Kier molecular flexibility index (Phi) is 5.07. The minimum absolute atomic E-state index is 0.368. The van der Waals surface area contributed by atoms with Crippen LogP contribution in [-0.4, -0.2) is 11.1 Å². The molecule has 1 aromatic carbocycles. The number of nitrogens with one attached hydrogen (secondary N) is 1. The van der Waals surface area contributed by atoms with Gasteiger partial charge in [-0.3, -0.25) is 0 Å². The first-order chi connectivity index (χ1) is 8.70. The van der Waals surface area contributed by atoms with Crippen molar-refractivity contribution in [1.29, 1.82) is 0 Å². The van der Waals surface area contributed by atoms with Crippen LogP contribution in [0.4, 0.5) is 0 Å². The number of rotatable bonds is 4. The first kappa shape index (κ1) is 13.9. The highest BCUT2D eigenvalue weighted by Gasteiger charge is 2.20. The van der Waals surface area contributed by atoms with Crippen molar-refractivity contribution in [3.05, 3.63) is 28.2 Å². The summed E-state index contributed by atoms with van der Waals surface area (Å²) in [6.07, 6.45) is 6.56. The molecule has 0 saturated heterocycles. The number of halogens is 1. The van der Waals surface area contributed by atoms with Crippen LogP contribution in [0.5, 0.6) is 5.75 Å². The van der Waals surface area contributed by atoms with E-state index in [1.807, 2.05) is 18.2 Å². The fraction of sp³-hybridized carbons (Fsp3) is 0.600. The highest BCUT2D eigenvalue weighted by molar-refractivity contribution is 9.10. The number of phenolic OH excluding ortho intramolecular Hbond substituents is 1. The van der Waals surface area contributed by atoms with E-state index in [1.165, 1.54) is 32.1 Å². The molecule has 100 valence electrons. The predicted octanol–water partition coefficient (Wildman–Crippen LogP) is 4.21. The molecule has 1 fully saturated rings. The van der Waals surface area contributed by atoms with Crippen LogP contribution in [0.3, 0.4) is 0 Å². The van der Waals surface area contributed by atoms with Crippen LogP contribution in [0.1, 0.15) is 44.6 Å². The van der Waals surface area contributed by atoms with Crippen LogP contribution in [-0.2, 0) is 6.54 Å². The van der Waals surface area contributed by atoms with Crippen molar-refractivity contribution in [3.63, 3.8) is 0 Å². The number of para-hydroxylation sites is 1. The lowest BCUT2D eigenvalue weighted by atomic mass is 9.84. The Morgan fingerprint density at radius 2 is 2.22 bits per heavy atom. The van der Waals surface area contributed by atoms with Gasteiger partial charge in [-0.25, -0.2) is 0 Å². The van der Waals surface area contributed by atoms with E-state index in [0.717, 1.165) is 22.5 Å². The van der Waals surface area contributed by atoms with Gasteiger partial charge in [0, 0.05) is 18.2 Å². The Bertz CT molecular complexity index is 394. The summed E-state index contributed by atoms with van der Waals surface area (Å²) in [5, 5.41) is 13.5. The Balaban J connectivity index is 1.89. The SMILES string of the molecule is CCC1CCCC(NCc2cccc(Br)c2O)C1. The zero-order valence-electron chi connectivity index (χ0n) is 11.0. The summed E-state index contributed by atoms with van der Waals surface area (Å²) in [5.74, 6) is 1.25. The van der Waals surface area contributed by atoms with Crippen molar-refractivity contribution in [3.8, 4) is 5.75 Å². The third kappa shape index (κ3) is 3.48. The van der Waals surface area contributed by atoms with Crippen molar-refractivity contribution in [1.82, 2.24) is 5.32 Å². The molecule has 0 amide bonds. The molecule has 0 spiro atoms. The molecular formula is C15H22BrNO. The second kappa shape index (κ2) is 6.58. The fourth-order valence-corrected chi connectivity index (χ4v) is 3.21. The molecule has 0 bridgehead atoms. The number of hydrogen-bond donors (Lipinski definition) is 2. The molecule has 1 aliphatic rings. The van der Waals surface area contributed by atoms with Gasteiger partial charge in [-0.15, -0.1) is 0 Å². The predicted molar refractivity (Wildman–Crippen MR) is 78.7 cm³/mol. The maximum absolute atomic E-state index is 9.94. The van der Waals surface area contributed by atoms with E-state index in [-0.39, 0.29) is 0 Å². The van der Waals surface area contributed by atoms with Crippen LogP contribution in [0.25, 0.3) is 0 Å². The number of phenols is 1. The second-order valence-corrected chi connectivity index (χ2v) is 6.12. The Morgan fingerprint density at radius 1 is 1.39 bits per heavy atom. The average molecular weight is 312 g/mol. The second-order valence-electron chi connectivity index (χ2n) is 5.27. The lowest BCUT2D eigenvalue weighted by Crippen LogP contribution is -2.33. The lowest BCUT2D eigenvalue weighted by molar-refractivity contribution is 0.277. The molecule has 0 radical (unpaired) electrons. The molecule has 2 nitrogen and oxygen atoms in total. The van der Waals surface area contributed by atoms with Gasteiger partial charge in [-0.05, 0) is 40.8 Å². The summed E-state index contributed by atoms with van der Waals surface area (Å²) in [7, 11) is 0. The smallest absolute Gasteiger partial charge is 0.134 e. The van der Waals surface area contributed by atoms with E-state index >= 15 is 0 Å². The van der Waals surface area contributed by atoms with Crippen molar-refractivity contribution < 1.29 is 5.11 Å². The topological polar surface area (TPSA) is 32.3 Å². The molecule has 0 aromatic heterocycles. The van der Waals surface area contributed by atoms with Crippen LogP contribution >= 0.6 is 15.9 Å². The van der Waals surface area contributed by atoms with Crippen molar-refractivity contribution in [2.75, 3.05) is 0 Å². The molecule has 2 rings (SSSR count). The number of benzene rings is 1.